The molecule has 1 amide bonds. The molecule has 0 spiro atoms. The van der Waals surface area contributed by atoms with Gasteiger partial charge in [0.15, 0.2) is 0 Å². The number of aromatic amines is 1. The first kappa shape index (κ1) is 14.9. The van der Waals surface area contributed by atoms with Crippen molar-refractivity contribution in [2.45, 2.75) is 24.9 Å². The molecule has 0 fully saturated rings. The number of aliphatic hydroxyl groups is 1. The summed E-state index contributed by atoms with van der Waals surface area (Å²) < 4.78 is 0. The van der Waals surface area contributed by atoms with Crippen LogP contribution in [0.3, 0.4) is 0 Å². The number of hydrogen-bond donors (Lipinski definition) is 3. The number of H-pyrrole nitrogens is 1. The Balaban J connectivity index is 1.53. The van der Waals surface area contributed by atoms with E-state index in [1.165, 1.54) is 5.56 Å². The van der Waals surface area contributed by atoms with Crippen LogP contribution >= 0.6 is 0 Å². The van der Waals surface area contributed by atoms with E-state index in [2.05, 4.69) is 15.5 Å². The normalized spacial score (nSPS) is 19.9. The Morgan fingerprint density at radius 3 is 3.08 bits per heavy atom. The van der Waals surface area contributed by atoms with Crippen LogP contribution in [0, 0.1) is 0 Å². The Labute approximate surface area is 139 Å². The molecule has 0 bridgehead atoms. The van der Waals surface area contributed by atoms with Crippen LogP contribution in [0.1, 0.15) is 34.3 Å². The summed E-state index contributed by atoms with van der Waals surface area (Å²) in [7, 11) is 0. The van der Waals surface area contributed by atoms with Gasteiger partial charge in [0.2, 0.25) is 0 Å². The van der Waals surface area contributed by atoms with Gasteiger partial charge in [-0.1, -0.05) is 24.3 Å². The topological polar surface area (TPSA) is 78.0 Å². The van der Waals surface area contributed by atoms with Gasteiger partial charge < -0.3 is 10.4 Å². The first-order chi connectivity index (χ1) is 11.7. The van der Waals surface area contributed by atoms with E-state index in [4.69, 9.17) is 0 Å². The molecule has 3 N–H and O–H groups in total. The quantitative estimate of drug-likeness (QED) is 0.693. The van der Waals surface area contributed by atoms with Crippen molar-refractivity contribution in [3.05, 3.63) is 65.4 Å². The van der Waals surface area contributed by atoms with Crippen LogP contribution in [-0.2, 0) is 12.0 Å². The molecule has 0 radical (unpaired) electrons. The van der Waals surface area contributed by atoms with Gasteiger partial charge in [0.1, 0.15) is 5.60 Å². The fourth-order valence-electron chi connectivity index (χ4n) is 3.49. The highest BCUT2D eigenvalue weighted by Crippen LogP contribution is 2.34. The van der Waals surface area contributed by atoms with Crippen molar-refractivity contribution in [1.82, 2.24) is 15.5 Å². The summed E-state index contributed by atoms with van der Waals surface area (Å²) >= 11 is 0. The molecule has 3 aromatic rings. The number of hydrogen-bond acceptors (Lipinski definition) is 3. The number of nitrogens with zero attached hydrogens (tertiary/aromatic N) is 1. The molecule has 1 aliphatic rings. The minimum atomic E-state index is -0.996. The number of benzene rings is 2. The first-order valence-corrected chi connectivity index (χ1v) is 8.18. The maximum Gasteiger partial charge on any atom is 0.251 e. The lowest BCUT2D eigenvalue weighted by molar-refractivity contribution is 0.0189. The molecule has 0 aliphatic heterocycles. The van der Waals surface area contributed by atoms with Crippen molar-refractivity contribution >= 4 is 16.8 Å². The SMILES string of the molecule is O=C(NCC1(O)CCCc2ccccc21)c1ccc2[nH]ncc2c1. The summed E-state index contributed by atoms with van der Waals surface area (Å²) in [4.78, 5) is 12.5. The van der Waals surface area contributed by atoms with E-state index in [9.17, 15) is 9.90 Å². The summed E-state index contributed by atoms with van der Waals surface area (Å²) in [5.74, 6) is -0.186. The lowest BCUT2D eigenvalue weighted by Crippen LogP contribution is -2.43. The van der Waals surface area contributed by atoms with Crippen molar-refractivity contribution < 1.29 is 9.90 Å². The van der Waals surface area contributed by atoms with E-state index in [-0.39, 0.29) is 12.5 Å². The third-order valence-corrected chi connectivity index (χ3v) is 4.80. The van der Waals surface area contributed by atoms with Crippen molar-refractivity contribution in [2.24, 2.45) is 0 Å². The third kappa shape index (κ3) is 2.57. The predicted octanol–water partition coefficient (Wildman–Crippen LogP) is 2.52. The molecule has 24 heavy (non-hydrogen) atoms. The van der Waals surface area contributed by atoms with Crippen molar-refractivity contribution in [2.75, 3.05) is 6.54 Å². The standard InChI is InChI=1S/C19H19N3O2/c23-18(14-7-8-17-15(10-14)11-21-22-17)20-12-19(24)9-3-5-13-4-1-2-6-16(13)19/h1-2,4,6-8,10-11,24H,3,5,9,12H2,(H,20,23)(H,21,22). The van der Waals surface area contributed by atoms with Crippen LogP contribution in [0.4, 0.5) is 0 Å². The maximum atomic E-state index is 12.5. The molecule has 0 saturated carbocycles. The monoisotopic (exact) mass is 321 g/mol. The number of aryl methyl sites for hydroxylation is 1. The molecule has 4 rings (SSSR count). The number of nitrogens with one attached hydrogen (secondary N) is 2. The summed E-state index contributed by atoms with van der Waals surface area (Å²) in [6.45, 7) is 0.215. The molecule has 5 heteroatoms. The van der Waals surface area contributed by atoms with E-state index in [0.29, 0.717) is 12.0 Å². The zero-order valence-electron chi connectivity index (χ0n) is 13.2. The van der Waals surface area contributed by atoms with Gasteiger partial charge in [0.05, 0.1) is 18.3 Å². The van der Waals surface area contributed by atoms with Gasteiger partial charge in [-0.15, -0.1) is 0 Å². The second-order valence-electron chi connectivity index (χ2n) is 6.40. The van der Waals surface area contributed by atoms with Gasteiger partial charge in [-0.05, 0) is 48.6 Å². The zero-order valence-corrected chi connectivity index (χ0v) is 13.2. The molecule has 122 valence electrons. The Morgan fingerprint density at radius 1 is 1.29 bits per heavy atom. The van der Waals surface area contributed by atoms with E-state index < -0.39 is 5.60 Å². The molecular weight excluding hydrogens is 302 g/mol. The molecule has 1 atom stereocenters. The van der Waals surface area contributed by atoms with E-state index >= 15 is 0 Å². The van der Waals surface area contributed by atoms with Gasteiger partial charge in [-0.3, -0.25) is 9.89 Å². The second kappa shape index (κ2) is 5.76. The van der Waals surface area contributed by atoms with Crippen LogP contribution in [0.15, 0.2) is 48.7 Å². The van der Waals surface area contributed by atoms with Crippen molar-refractivity contribution in [3.8, 4) is 0 Å². The van der Waals surface area contributed by atoms with Crippen LogP contribution in [0.5, 0.6) is 0 Å². The summed E-state index contributed by atoms with van der Waals surface area (Å²) in [5, 5.41) is 21.6. The molecule has 2 aromatic carbocycles. The number of fused-ring (bicyclic) bond motifs is 2. The molecule has 1 unspecified atom stereocenters. The van der Waals surface area contributed by atoms with Crippen molar-refractivity contribution in [3.63, 3.8) is 0 Å². The predicted molar refractivity (Wildman–Crippen MR) is 91.7 cm³/mol. The largest absolute Gasteiger partial charge is 0.383 e. The van der Waals surface area contributed by atoms with Crippen LogP contribution in [0.2, 0.25) is 0 Å². The highest BCUT2D eigenvalue weighted by molar-refractivity contribution is 5.97. The summed E-state index contributed by atoms with van der Waals surface area (Å²) in [6, 6.07) is 13.3. The highest BCUT2D eigenvalue weighted by Gasteiger charge is 2.34. The Morgan fingerprint density at radius 2 is 2.17 bits per heavy atom. The van der Waals surface area contributed by atoms with Gasteiger partial charge in [-0.2, -0.15) is 5.10 Å². The Hall–Kier alpha value is -2.66. The molecule has 1 aliphatic carbocycles. The Kier molecular flexibility index (Phi) is 3.58. The fourth-order valence-corrected chi connectivity index (χ4v) is 3.49. The first-order valence-electron chi connectivity index (χ1n) is 8.18. The third-order valence-electron chi connectivity index (χ3n) is 4.80. The van der Waals surface area contributed by atoms with Gasteiger partial charge in [0.25, 0.3) is 5.91 Å². The fraction of sp³-hybridized carbons (Fsp3) is 0.263. The molecule has 5 nitrogen and oxygen atoms in total. The molecule has 1 heterocycles. The minimum Gasteiger partial charge on any atom is -0.383 e. The second-order valence-corrected chi connectivity index (χ2v) is 6.40. The number of aromatic nitrogens is 2. The zero-order chi connectivity index (χ0) is 16.6. The van der Waals surface area contributed by atoms with Crippen molar-refractivity contribution in [1.29, 1.82) is 0 Å². The van der Waals surface area contributed by atoms with Crippen LogP contribution in [-0.4, -0.2) is 27.8 Å². The van der Waals surface area contributed by atoms with Gasteiger partial charge in [0, 0.05) is 10.9 Å². The lowest BCUT2D eigenvalue weighted by Gasteiger charge is -2.34. The van der Waals surface area contributed by atoms with Crippen LogP contribution in [0.25, 0.3) is 10.9 Å². The number of carbonyl (C=O) groups excluding carboxylic acids is 1. The molecule has 0 saturated heterocycles. The smallest absolute Gasteiger partial charge is 0.251 e. The number of amides is 1. The average Bonchev–Trinajstić information content (AvgIpc) is 3.08. The summed E-state index contributed by atoms with van der Waals surface area (Å²) in [5.41, 5.74) is 2.56. The van der Waals surface area contributed by atoms with Gasteiger partial charge in [-0.25, -0.2) is 0 Å². The molecular formula is C19H19N3O2. The lowest BCUT2D eigenvalue weighted by atomic mass is 9.79. The average molecular weight is 321 g/mol. The van der Waals surface area contributed by atoms with E-state index in [0.717, 1.165) is 29.3 Å². The molecule has 1 aromatic heterocycles. The maximum absolute atomic E-state index is 12.5. The van der Waals surface area contributed by atoms with Crippen LogP contribution < -0.4 is 5.32 Å². The van der Waals surface area contributed by atoms with E-state index in [1.54, 1.807) is 18.3 Å². The Bertz CT molecular complexity index is 902. The summed E-state index contributed by atoms with van der Waals surface area (Å²) in [6.07, 6.45) is 4.25. The highest BCUT2D eigenvalue weighted by atomic mass is 16.3. The number of carbonyl (C=O) groups is 1. The van der Waals surface area contributed by atoms with Gasteiger partial charge >= 0.3 is 0 Å². The van der Waals surface area contributed by atoms with E-state index in [1.807, 2.05) is 30.3 Å². The number of rotatable bonds is 3. The minimum absolute atomic E-state index is 0.186.